The molecule has 0 radical (unpaired) electrons. The van der Waals surface area contributed by atoms with E-state index in [1.165, 1.54) is 24.4 Å². The van der Waals surface area contributed by atoms with Gasteiger partial charge in [-0.2, -0.15) is 10.4 Å². The van der Waals surface area contributed by atoms with E-state index < -0.39 is 0 Å². The van der Waals surface area contributed by atoms with E-state index in [1.54, 1.807) is 10.9 Å². The number of rotatable bonds is 7. The number of benzene rings is 1. The van der Waals surface area contributed by atoms with E-state index in [0.29, 0.717) is 28.1 Å². The van der Waals surface area contributed by atoms with Crippen LogP contribution in [0.1, 0.15) is 43.7 Å². The van der Waals surface area contributed by atoms with Gasteiger partial charge in [-0.3, -0.25) is 9.36 Å². The van der Waals surface area contributed by atoms with Crippen molar-refractivity contribution in [3.8, 4) is 23.3 Å². The van der Waals surface area contributed by atoms with Crippen LogP contribution in [0.25, 0.3) is 17.3 Å². The Bertz CT molecular complexity index is 1300. The molecule has 1 saturated carbocycles. The highest BCUT2D eigenvalue weighted by Gasteiger charge is 2.25. The third kappa shape index (κ3) is 4.47. The zero-order chi connectivity index (χ0) is 23.3. The summed E-state index contributed by atoms with van der Waals surface area (Å²) in [5.74, 6) is 1.57. The quantitative estimate of drug-likeness (QED) is 0.382. The predicted octanol–water partition coefficient (Wildman–Crippen LogP) is 4.83. The van der Waals surface area contributed by atoms with Crippen molar-refractivity contribution in [1.29, 1.82) is 5.26 Å². The second kappa shape index (κ2) is 9.97. The molecule has 0 unspecified atom stereocenters. The van der Waals surface area contributed by atoms with Crippen molar-refractivity contribution in [3.63, 3.8) is 0 Å². The number of nitriles is 1. The Morgan fingerprint density at radius 3 is 2.71 bits per heavy atom. The average Bonchev–Trinajstić information content (AvgIpc) is 3.63. The van der Waals surface area contributed by atoms with Gasteiger partial charge in [-0.25, -0.2) is 4.68 Å². The van der Waals surface area contributed by atoms with Crippen LogP contribution in [0.3, 0.4) is 0 Å². The number of furan rings is 1. The first-order valence-corrected chi connectivity index (χ1v) is 12.2. The van der Waals surface area contributed by atoms with Gasteiger partial charge < -0.3 is 9.73 Å². The van der Waals surface area contributed by atoms with Crippen LogP contribution in [0.2, 0.25) is 0 Å². The van der Waals surface area contributed by atoms with Crippen molar-refractivity contribution >= 4 is 23.5 Å². The van der Waals surface area contributed by atoms with Crippen molar-refractivity contribution in [2.45, 2.75) is 43.3 Å². The summed E-state index contributed by atoms with van der Waals surface area (Å²) < 4.78 is 9.26. The Labute approximate surface area is 200 Å². The van der Waals surface area contributed by atoms with Gasteiger partial charge >= 0.3 is 0 Å². The Morgan fingerprint density at radius 1 is 1.15 bits per heavy atom. The molecule has 1 amide bonds. The number of para-hydroxylation sites is 1. The lowest BCUT2D eigenvalue weighted by Crippen LogP contribution is -2.19. The lowest BCUT2D eigenvalue weighted by Gasteiger charge is -2.25. The zero-order valence-corrected chi connectivity index (χ0v) is 19.2. The van der Waals surface area contributed by atoms with Crippen molar-refractivity contribution in [3.05, 3.63) is 60.5 Å². The van der Waals surface area contributed by atoms with E-state index in [9.17, 15) is 10.1 Å². The van der Waals surface area contributed by atoms with E-state index in [2.05, 4.69) is 31.2 Å². The number of hydrogen-bond donors (Lipinski definition) is 1. The number of nitrogens with zero attached hydrogens (tertiary/aromatic N) is 6. The molecule has 0 aliphatic heterocycles. The first-order chi connectivity index (χ1) is 16.7. The van der Waals surface area contributed by atoms with Crippen LogP contribution in [-0.4, -0.2) is 36.2 Å². The van der Waals surface area contributed by atoms with Gasteiger partial charge in [0.05, 0.1) is 23.9 Å². The van der Waals surface area contributed by atoms with Gasteiger partial charge in [0.15, 0.2) is 16.7 Å². The molecule has 3 aromatic heterocycles. The molecule has 1 N–H and O–H groups in total. The first-order valence-electron chi connectivity index (χ1n) is 11.2. The van der Waals surface area contributed by atoms with E-state index in [0.717, 1.165) is 31.4 Å². The monoisotopic (exact) mass is 473 g/mol. The number of hydrogen-bond acceptors (Lipinski definition) is 7. The SMILES string of the molecule is N#Cc1cnn(-c2ccccc2)c1NC(=O)CSc1nnc(-c2ccco2)n1C1CCCCC1. The van der Waals surface area contributed by atoms with Crippen LogP contribution >= 0.6 is 11.8 Å². The summed E-state index contributed by atoms with van der Waals surface area (Å²) in [6.45, 7) is 0. The van der Waals surface area contributed by atoms with Gasteiger partial charge in [0.2, 0.25) is 11.7 Å². The van der Waals surface area contributed by atoms with Crippen molar-refractivity contribution in [1.82, 2.24) is 24.5 Å². The fourth-order valence-corrected chi connectivity index (χ4v) is 5.04. The molecule has 0 bridgehead atoms. The Morgan fingerprint density at radius 2 is 1.97 bits per heavy atom. The molecule has 3 heterocycles. The van der Waals surface area contributed by atoms with Crippen molar-refractivity contribution in [2.75, 3.05) is 11.1 Å². The van der Waals surface area contributed by atoms with Gasteiger partial charge in [-0.15, -0.1) is 10.2 Å². The summed E-state index contributed by atoms with van der Waals surface area (Å²) in [6.07, 6.45) is 8.72. The van der Waals surface area contributed by atoms with Gasteiger partial charge in [-0.1, -0.05) is 49.2 Å². The van der Waals surface area contributed by atoms with Crippen LogP contribution in [0, 0.1) is 11.3 Å². The summed E-state index contributed by atoms with van der Waals surface area (Å²) in [6, 6.07) is 15.4. The van der Waals surface area contributed by atoms with Crippen LogP contribution in [0.15, 0.2) is 64.5 Å². The van der Waals surface area contributed by atoms with E-state index in [1.807, 2.05) is 42.5 Å². The molecule has 0 atom stereocenters. The molecule has 9 nitrogen and oxygen atoms in total. The summed E-state index contributed by atoms with van der Waals surface area (Å²) >= 11 is 1.33. The van der Waals surface area contributed by atoms with E-state index in [4.69, 9.17) is 4.42 Å². The highest BCUT2D eigenvalue weighted by atomic mass is 32.2. The minimum atomic E-state index is -0.253. The van der Waals surface area contributed by atoms with Gasteiger partial charge in [0.1, 0.15) is 11.6 Å². The molecular formula is C24H23N7O2S. The minimum Gasteiger partial charge on any atom is -0.461 e. The molecule has 34 heavy (non-hydrogen) atoms. The van der Waals surface area contributed by atoms with Crippen LogP contribution in [-0.2, 0) is 4.79 Å². The summed E-state index contributed by atoms with van der Waals surface area (Å²) in [5, 5.41) is 26.1. The number of anilines is 1. The van der Waals surface area contributed by atoms with Crippen LogP contribution in [0.4, 0.5) is 5.82 Å². The fourth-order valence-electron chi connectivity index (χ4n) is 4.23. The number of carbonyl (C=O) groups excluding carboxylic acids is 1. The van der Waals surface area contributed by atoms with Crippen molar-refractivity contribution in [2.24, 2.45) is 0 Å². The van der Waals surface area contributed by atoms with Gasteiger partial charge in [-0.05, 0) is 37.1 Å². The normalized spacial score (nSPS) is 14.1. The number of thioether (sulfide) groups is 1. The second-order valence-electron chi connectivity index (χ2n) is 8.05. The molecule has 1 aliphatic rings. The first kappa shape index (κ1) is 22.0. The molecule has 10 heteroatoms. The summed E-state index contributed by atoms with van der Waals surface area (Å²) in [5.41, 5.74) is 1.06. The largest absolute Gasteiger partial charge is 0.461 e. The predicted molar refractivity (Wildman–Crippen MR) is 127 cm³/mol. The molecule has 172 valence electrons. The third-order valence-corrected chi connectivity index (χ3v) is 6.77. The molecule has 4 aromatic rings. The maximum absolute atomic E-state index is 12.9. The standard InChI is InChI=1S/C24H23N7O2S/c25-14-17-15-26-31(19-10-5-2-6-11-19)22(17)27-21(32)16-34-24-29-28-23(20-12-7-13-33-20)30(24)18-8-3-1-4-9-18/h2,5-7,10-13,15,18H,1,3-4,8-9,16H2,(H,27,32). The molecule has 0 saturated heterocycles. The smallest absolute Gasteiger partial charge is 0.236 e. The topological polar surface area (TPSA) is 115 Å². The highest BCUT2D eigenvalue weighted by Crippen LogP contribution is 2.35. The average molecular weight is 474 g/mol. The summed E-state index contributed by atoms with van der Waals surface area (Å²) in [7, 11) is 0. The van der Waals surface area contributed by atoms with E-state index in [-0.39, 0.29) is 17.7 Å². The molecule has 0 spiro atoms. The number of nitrogens with one attached hydrogen (secondary N) is 1. The molecular weight excluding hydrogens is 450 g/mol. The maximum atomic E-state index is 12.9. The number of amides is 1. The highest BCUT2D eigenvalue weighted by molar-refractivity contribution is 7.99. The molecule has 1 aliphatic carbocycles. The lowest BCUT2D eigenvalue weighted by atomic mass is 9.95. The Kier molecular flexibility index (Phi) is 6.44. The lowest BCUT2D eigenvalue weighted by molar-refractivity contribution is -0.113. The second-order valence-corrected chi connectivity index (χ2v) is 8.99. The number of aromatic nitrogens is 5. The van der Waals surface area contributed by atoms with Crippen molar-refractivity contribution < 1.29 is 9.21 Å². The zero-order valence-electron chi connectivity index (χ0n) is 18.4. The van der Waals surface area contributed by atoms with Gasteiger partial charge in [0, 0.05) is 6.04 Å². The van der Waals surface area contributed by atoms with Gasteiger partial charge in [0.25, 0.3) is 0 Å². The molecule has 5 rings (SSSR count). The third-order valence-electron chi connectivity index (χ3n) is 5.83. The number of carbonyl (C=O) groups is 1. The fraction of sp³-hybridized carbons (Fsp3) is 0.292. The minimum absolute atomic E-state index is 0.119. The summed E-state index contributed by atoms with van der Waals surface area (Å²) in [4.78, 5) is 12.9. The Balaban J connectivity index is 1.35. The Hall–Kier alpha value is -3.84. The van der Waals surface area contributed by atoms with Crippen LogP contribution < -0.4 is 5.32 Å². The maximum Gasteiger partial charge on any atom is 0.236 e. The molecule has 1 fully saturated rings. The molecule has 1 aromatic carbocycles. The van der Waals surface area contributed by atoms with Crippen LogP contribution in [0.5, 0.6) is 0 Å². The van der Waals surface area contributed by atoms with E-state index >= 15 is 0 Å².